The largest absolute Gasteiger partial charge is 0.467 e. The van der Waals surface area contributed by atoms with Crippen molar-refractivity contribution < 1.29 is 14.0 Å². The van der Waals surface area contributed by atoms with Crippen LogP contribution in [0.2, 0.25) is 0 Å². The first-order valence-corrected chi connectivity index (χ1v) is 8.83. The van der Waals surface area contributed by atoms with Crippen molar-refractivity contribution in [1.29, 1.82) is 0 Å². The van der Waals surface area contributed by atoms with Gasteiger partial charge in [0.05, 0.1) is 18.7 Å². The lowest BCUT2D eigenvalue weighted by Gasteiger charge is -2.15. The molecule has 0 saturated carbocycles. The number of amides is 2. The second-order valence-corrected chi connectivity index (χ2v) is 6.66. The highest BCUT2D eigenvalue weighted by atomic mass is 16.3. The van der Waals surface area contributed by atoms with Gasteiger partial charge >= 0.3 is 0 Å². The molecule has 4 rings (SSSR count). The van der Waals surface area contributed by atoms with Gasteiger partial charge in [0.25, 0.3) is 0 Å². The van der Waals surface area contributed by atoms with E-state index in [1.165, 1.54) is 10.9 Å². The van der Waals surface area contributed by atoms with E-state index < -0.39 is 0 Å². The second kappa shape index (κ2) is 7.07. The quantitative estimate of drug-likeness (QED) is 0.716. The highest BCUT2D eigenvalue weighted by molar-refractivity contribution is 5.89. The van der Waals surface area contributed by atoms with Crippen molar-refractivity contribution >= 4 is 22.7 Å². The lowest BCUT2D eigenvalue weighted by Crippen LogP contribution is -2.34. The van der Waals surface area contributed by atoms with E-state index in [4.69, 9.17) is 4.42 Å². The molecular weight excluding hydrogens is 330 g/mol. The van der Waals surface area contributed by atoms with Gasteiger partial charge in [-0.3, -0.25) is 9.59 Å². The number of carbonyl (C=O) groups is 2. The number of aromatic nitrogens is 1. The van der Waals surface area contributed by atoms with E-state index in [9.17, 15) is 9.59 Å². The van der Waals surface area contributed by atoms with Gasteiger partial charge in [0.2, 0.25) is 11.8 Å². The number of nitrogens with one attached hydrogen (secondary N) is 2. The van der Waals surface area contributed by atoms with Crippen LogP contribution < -0.4 is 5.32 Å². The fourth-order valence-corrected chi connectivity index (χ4v) is 3.49. The van der Waals surface area contributed by atoms with E-state index in [1.807, 2.05) is 30.5 Å². The fourth-order valence-electron chi connectivity index (χ4n) is 3.49. The molecule has 3 heterocycles. The van der Waals surface area contributed by atoms with Gasteiger partial charge in [0.15, 0.2) is 0 Å². The topological polar surface area (TPSA) is 78.3 Å². The highest BCUT2D eigenvalue weighted by Gasteiger charge is 2.34. The van der Waals surface area contributed by atoms with Crippen molar-refractivity contribution in [3.63, 3.8) is 0 Å². The lowest BCUT2D eigenvalue weighted by molar-refractivity contribution is -0.129. The molecule has 3 aromatic rings. The van der Waals surface area contributed by atoms with Gasteiger partial charge in [-0.15, -0.1) is 0 Å². The Morgan fingerprint density at radius 3 is 3.00 bits per heavy atom. The van der Waals surface area contributed by atoms with Crippen LogP contribution in [-0.4, -0.2) is 34.8 Å². The standard InChI is InChI=1S/C20H21N3O3/c24-19-10-15(12-23(19)13-16-4-3-9-26-16)20(25)21-8-7-14-11-22-18-6-2-1-5-17(14)18/h1-6,9,11,15,22H,7-8,10,12-13H2,(H,21,25)/t15-/m0/s1. The van der Waals surface area contributed by atoms with Gasteiger partial charge in [-0.2, -0.15) is 0 Å². The molecule has 0 spiro atoms. The lowest BCUT2D eigenvalue weighted by atomic mass is 10.1. The summed E-state index contributed by atoms with van der Waals surface area (Å²) in [5.41, 5.74) is 2.28. The van der Waals surface area contributed by atoms with Gasteiger partial charge in [0.1, 0.15) is 5.76 Å². The highest BCUT2D eigenvalue weighted by Crippen LogP contribution is 2.21. The SMILES string of the molecule is O=C(NCCc1c[nH]c2ccccc12)[C@H]1CC(=O)N(Cc2ccco2)C1. The van der Waals surface area contributed by atoms with Crippen molar-refractivity contribution in [3.05, 3.63) is 60.2 Å². The maximum atomic E-state index is 12.4. The summed E-state index contributed by atoms with van der Waals surface area (Å²) in [6, 6.07) is 11.7. The number of fused-ring (bicyclic) bond motifs is 1. The molecular formula is C20H21N3O3. The minimum Gasteiger partial charge on any atom is -0.467 e. The summed E-state index contributed by atoms with van der Waals surface area (Å²) in [4.78, 5) is 29.5. The minimum atomic E-state index is -0.291. The number of aromatic amines is 1. The molecule has 134 valence electrons. The van der Waals surface area contributed by atoms with E-state index in [2.05, 4.69) is 16.4 Å². The van der Waals surface area contributed by atoms with Crippen LogP contribution in [-0.2, 0) is 22.6 Å². The number of furan rings is 1. The average molecular weight is 351 g/mol. The number of hydrogen-bond donors (Lipinski definition) is 2. The number of rotatable bonds is 6. The molecule has 1 saturated heterocycles. The van der Waals surface area contributed by atoms with Gasteiger partial charge in [0, 0.05) is 36.6 Å². The molecule has 6 heteroatoms. The van der Waals surface area contributed by atoms with Gasteiger partial charge < -0.3 is 19.6 Å². The maximum Gasteiger partial charge on any atom is 0.225 e. The van der Waals surface area contributed by atoms with Crippen molar-refractivity contribution in [2.75, 3.05) is 13.1 Å². The Labute approximate surface area is 151 Å². The molecule has 1 atom stereocenters. The van der Waals surface area contributed by atoms with Crippen LogP contribution >= 0.6 is 0 Å². The molecule has 0 unspecified atom stereocenters. The van der Waals surface area contributed by atoms with E-state index in [0.717, 1.165) is 17.7 Å². The predicted molar refractivity (Wildman–Crippen MR) is 97.2 cm³/mol. The second-order valence-electron chi connectivity index (χ2n) is 6.66. The Morgan fingerprint density at radius 1 is 1.27 bits per heavy atom. The van der Waals surface area contributed by atoms with Gasteiger partial charge in [-0.25, -0.2) is 0 Å². The Hall–Kier alpha value is -3.02. The molecule has 6 nitrogen and oxygen atoms in total. The molecule has 26 heavy (non-hydrogen) atoms. The molecule has 1 fully saturated rings. The number of H-pyrrole nitrogens is 1. The third kappa shape index (κ3) is 3.35. The van der Waals surface area contributed by atoms with Crippen LogP contribution in [0.1, 0.15) is 17.7 Å². The third-order valence-electron chi connectivity index (χ3n) is 4.88. The fraction of sp³-hybridized carbons (Fsp3) is 0.300. The van der Waals surface area contributed by atoms with Crippen LogP contribution in [0.3, 0.4) is 0 Å². The zero-order chi connectivity index (χ0) is 17.9. The van der Waals surface area contributed by atoms with Crippen LogP contribution in [0.15, 0.2) is 53.3 Å². The molecule has 0 aliphatic carbocycles. The first-order valence-electron chi connectivity index (χ1n) is 8.83. The van der Waals surface area contributed by atoms with Gasteiger partial charge in [-0.1, -0.05) is 18.2 Å². The van der Waals surface area contributed by atoms with Gasteiger partial charge in [-0.05, 0) is 30.2 Å². The number of carbonyl (C=O) groups excluding carboxylic acids is 2. The molecule has 2 amide bonds. The minimum absolute atomic E-state index is 0.00169. The Balaban J connectivity index is 1.29. The van der Waals surface area contributed by atoms with Crippen molar-refractivity contribution in [2.24, 2.45) is 5.92 Å². The van der Waals surface area contributed by atoms with Crippen LogP contribution in [0, 0.1) is 5.92 Å². The van der Waals surface area contributed by atoms with E-state index in [-0.39, 0.29) is 24.2 Å². The van der Waals surface area contributed by atoms with Crippen LogP contribution in [0.25, 0.3) is 10.9 Å². The number of benzene rings is 1. The number of likely N-dealkylation sites (tertiary alicyclic amines) is 1. The van der Waals surface area contributed by atoms with E-state index >= 15 is 0 Å². The van der Waals surface area contributed by atoms with Crippen molar-refractivity contribution in [3.8, 4) is 0 Å². The molecule has 1 aromatic carbocycles. The molecule has 0 radical (unpaired) electrons. The molecule has 2 N–H and O–H groups in total. The van der Waals surface area contributed by atoms with Crippen molar-refractivity contribution in [2.45, 2.75) is 19.4 Å². The molecule has 0 bridgehead atoms. The monoisotopic (exact) mass is 351 g/mol. The summed E-state index contributed by atoms with van der Waals surface area (Å²) in [5, 5.41) is 4.16. The molecule has 1 aliphatic heterocycles. The smallest absolute Gasteiger partial charge is 0.225 e. The number of para-hydroxylation sites is 1. The first kappa shape index (κ1) is 16.4. The van der Waals surface area contributed by atoms with Crippen LogP contribution in [0.5, 0.6) is 0 Å². The van der Waals surface area contributed by atoms with Crippen molar-refractivity contribution in [1.82, 2.24) is 15.2 Å². The first-order chi connectivity index (χ1) is 12.7. The Morgan fingerprint density at radius 2 is 2.15 bits per heavy atom. The van der Waals surface area contributed by atoms with Crippen LogP contribution in [0.4, 0.5) is 0 Å². The summed E-state index contributed by atoms with van der Waals surface area (Å²) in [6.07, 6.45) is 4.60. The Bertz CT molecular complexity index is 913. The average Bonchev–Trinajstić information content (AvgIpc) is 3.37. The van der Waals surface area contributed by atoms with E-state index in [0.29, 0.717) is 19.6 Å². The Kier molecular flexibility index (Phi) is 4.48. The predicted octanol–water partition coefficient (Wildman–Crippen LogP) is 2.47. The molecule has 1 aliphatic rings. The number of nitrogens with zero attached hydrogens (tertiary/aromatic N) is 1. The normalized spacial score (nSPS) is 17.2. The summed E-state index contributed by atoms with van der Waals surface area (Å²) in [5.74, 6) is 0.387. The zero-order valence-electron chi connectivity index (χ0n) is 14.4. The summed E-state index contributed by atoms with van der Waals surface area (Å²) in [7, 11) is 0. The summed E-state index contributed by atoms with van der Waals surface area (Å²) >= 11 is 0. The summed E-state index contributed by atoms with van der Waals surface area (Å²) < 4.78 is 5.28. The number of hydrogen-bond acceptors (Lipinski definition) is 3. The van der Waals surface area contributed by atoms with E-state index in [1.54, 1.807) is 17.2 Å². The third-order valence-corrected chi connectivity index (χ3v) is 4.88. The zero-order valence-corrected chi connectivity index (χ0v) is 14.4. The summed E-state index contributed by atoms with van der Waals surface area (Å²) in [6.45, 7) is 1.42. The maximum absolute atomic E-state index is 12.4. The molecule has 2 aromatic heterocycles.